The molecule has 1 N–H and O–H groups in total. The molecule has 1 saturated carbocycles. The second kappa shape index (κ2) is 7.70. The van der Waals surface area contributed by atoms with Crippen LogP contribution in [0.3, 0.4) is 0 Å². The maximum Gasteiger partial charge on any atom is 0.323 e. The van der Waals surface area contributed by atoms with Crippen LogP contribution in [-0.2, 0) is 9.53 Å². The molecule has 0 heterocycles. The number of carbonyl (C=O) groups is 1. The molecule has 3 nitrogen and oxygen atoms in total. The Hall–Kier alpha value is -0.570. The molecule has 0 aromatic heterocycles. The van der Waals surface area contributed by atoms with Gasteiger partial charge >= 0.3 is 5.97 Å². The largest absolute Gasteiger partial charge is 0.465 e. The van der Waals surface area contributed by atoms with Crippen molar-refractivity contribution in [2.24, 2.45) is 5.92 Å². The van der Waals surface area contributed by atoms with Gasteiger partial charge in [0.2, 0.25) is 0 Å². The Kier molecular flexibility index (Phi) is 6.56. The number of esters is 1. The summed E-state index contributed by atoms with van der Waals surface area (Å²) >= 11 is 0. The molecule has 3 unspecified atom stereocenters. The molecule has 1 aliphatic carbocycles. The second-order valence-electron chi connectivity index (χ2n) is 5.10. The van der Waals surface area contributed by atoms with E-state index in [1.54, 1.807) is 0 Å². The molecule has 0 saturated heterocycles. The van der Waals surface area contributed by atoms with Crippen LogP contribution in [0.1, 0.15) is 59.3 Å². The number of carbonyl (C=O) groups excluding carboxylic acids is 1. The number of hydrogen-bond donors (Lipinski definition) is 1. The van der Waals surface area contributed by atoms with Gasteiger partial charge in [-0.15, -0.1) is 0 Å². The van der Waals surface area contributed by atoms with Crippen molar-refractivity contribution in [1.82, 2.24) is 5.32 Å². The van der Waals surface area contributed by atoms with Gasteiger partial charge < -0.3 is 10.1 Å². The van der Waals surface area contributed by atoms with Gasteiger partial charge in [-0.3, -0.25) is 4.79 Å². The van der Waals surface area contributed by atoms with Gasteiger partial charge in [0, 0.05) is 6.04 Å². The van der Waals surface area contributed by atoms with E-state index in [0.717, 1.165) is 6.42 Å². The van der Waals surface area contributed by atoms with Gasteiger partial charge in [0.1, 0.15) is 6.04 Å². The van der Waals surface area contributed by atoms with Gasteiger partial charge in [0.05, 0.1) is 6.61 Å². The summed E-state index contributed by atoms with van der Waals surface area (Å²) in [5.74, 6) is 0.576. The molecule has 100 valence electrons. The normalized spacial score (nSPS) is 27.2. The van der Waals surface area contributed by atoms with Crippen LogP contribution in [0, 0.1) is 5.92 Å². The van der Waals surface area contributed by atoms with E-state index in [2.05, 4.69) is 12.2 Å². The Morgan fingerprint density at radius 1 is 1.29 bits per heavy atom. The monoisotopic (exact) mass is 241 g/mol. The van der Waals surface area contributed by atoms with E-state index >= 15 is 0 Å². The molecule has 0 aliphatic heterocycles. The third-order valence-corrected chi connectivity index (χ3v) is 3.76. The van der Waals surface area contributed by atoms with E-state index < -0.39 is 0 Å². The number of ether oxygens (including phenoxy) is 1. The maximum atomic E-state index is 11.8. The zero-order valence-electron chi connectivity index (χ0n) is 11.5. The zero-order chi connectivity index (χ0) is 12.7. The third kappa shape index (κ3) is 4.66. The minimum atomic E-state index is -0.125. The first-order chi connectivity index (χ1) is 8.19. The first-order valence-corrected chi connectivity index (χ1v) is 7.11. The van der Waals surface area contributed by atoms with E-state index in [4.69, 9.17) is 4.74 Å². The minimum absolute atomic E-state index is 0.0913. The van der Waals surface area contributed by atoms with E-state index in [9.17, 15) is 4.79 Å². The molecular weight excluding hydrogens is 214 g/mol. The Balaban J connectivity index is 2.50. The number of nitrogens with one attached hydrogen (secondary N) is 1. The van der Waals surface area contributed by atoms with Crippen molar-refractivity contribution < 1.29 is 9.53 Å². The van der Waals surface area contributed by atoms with E-state index in [-0.39, 0.29) is 12.0 Å². The summed E-state index contributed by atoms with van der Waals surface area (Å²) in [5.41, 5.74) is 0. The first kappa shape index (κ1) is 14.5. The summed E-state index contributed by atoms with van der Waals surface area (Å²) in [4.78, 5) is 11.8. The fraction of sp³-hybridized carbons (Fsp3) is 0.929. The highest BCUT2D eigenvalue weighted by molar-refractivity contribution is 5.75. The lowest BCUT2D eigenvalue weighted by Gasteiger charge is -2.27. The van der Waals surface area contributed by atoms with Crippen molar-refractivity contribution >= 4 is 5.97 Å². The van der Waals surface area contributed by atoms with Crippen molar-refractivity contribution in [3.8, 4) is 0 Å². The molecule has 3 heteroatoms. The van der Waals surface area contributed by atoms with Gasteiger partial charge in [-0.25, -0.2) is 0 Å². The first-order valence-electron chi connectivity index (χ1n) is 7.11. The average molecular weight is 241 g/mol. The average Bonchev–Trinajstić information content (AvgIpc) is 2.51. The molecule has 1 fully saturated rings. The van der Waals surface area contributed by atoms with Crippen LogP contribution in [0.5, 0.6) is 0 Å². The summed E-state index contributed by atoms with van der Waals surface area (Å²) < 4.78 is 5.10. The number of rotatable bonds is 5. The summed E-state index contributed by atoms with van der Waals surface area (Å²) in [6.45, 7) is 6.66. The Morgan fingerprint density at radius 3 is 2.65 bits per heavy atom. The molecule has 1 rings (SSSR count). The summed E-state index contributed by atoms with van der Waals surface area (Å²) in [6.07, 6.45) is 7.21. The fourth-order valence-electron chi connectivity index (χ4n) is 2.59. The van der Waals surface area contributed by atoms with Crippen molar-refractivity contribution in [3.05, 3.63) is 0 Å². The third-order valence-electron chi connectivity index (χ3n) is 3.76. The lowest BCUT2D eigenvalue weighted by Crippen LogP contribution is -2.46. The molecule has 0 aromatic rings. The van der Waals surface area contributed by atoms with E-state index in [1.165, 1.54) is 32.1 Å². The zero-order valence-corrected chi connectivity index (χ0v) is 11.5. The smallest absolute Gasteiger partial charge is 0.323 e. The standard InChI is InChI=1S/C14H27NO2/c1-4-12(14(16)17-5-2)15-13-10-8-6-7-9-11(13)3/h11-13,15H,4-10H2,1-3H3. The molecule has 0 amide bonds. The van der Waals surface area contributed by atoms with Crippen LogP contribution in [0.2, 0.25) is 0 Å². The van der Waals surface area contributed by atoms with Crippen LogP contribution >= 0.6 is 0 Å². The number of hydrogen-bond acceptors (Lipinski definition) is 3. The highest BCUT2D eigenvalue weighted by atomic mass is 16.5. The predicted octanol–water partition coefficient (Wildman–Crippen LogP) is 2.89. The quantitative estimate of drug-likeness (QED) is 0.594. The van der Waals surface area contributed by atoms with Gasteiger partial charge in [-0.2, -0.15) is 0 Å². The topological polar surface area (TPSA) is 38.3 Å². The molecule has 0 bridgehead atoms. The predicted molar refractivity (Wildman–Crippen MR) is 69.9 cm³/mol. The summed E-state index contributed by atoms with van der Waals surface area (Å²) in [6, 6.07) is 0.354. The lowest BCUT2D eigenvalue weighted by molar-refractivity contribution is -0.146. The van der Waals surface area contributed by atoms with Gasteiger partial charge in [0.15, 0.2) is 0 Å². The van der Waals surface area contributed by atoms with Gasteiger partial charge in [-0.1, -0.05) is 33.1 Å². The van der Waals surface area contributed by atoms with Gasteiger partial charge in [-0.05, 0) is 32.1 Å². The van der Waals surface area contributed by atoms with Gasteiger partial charge in [0.25, 0.3) is 0 Å². The van der Waals surface area contributed by atoms with Crippen molar-refractivity contribution in [2.45, 2.75) is 71.4 Å². The molecular formula is C14H27NO2. The fourth-order valence-corrected chi connectivity index (χ4v) is 2.59. The lowest BCUT2D eigenvalue weighted by atomic mass is 9.96. The molecule has 3 atom stereocenters. The van der Waals surface area contributed by atoms with Crippen molar-refractivity contribution in [1.29, 1.82) is 0 Å². The highest BCUT2D eigenvalue weighted by Crippen LogP contribution is 2.23. The molecule has 0 aromatic carbocycles. The van der Waals surface area contributed by atoms with Crippen LogP contribution in [-0.4, -0.2) is 24.7 Å². The maximum absolute atomic E-state index is 11.8. The van der Waals surface area contributed by atoms with E-state index in [1.807, 2.05) is 13.8 Å². The highest BCUT2D eigenvalue weighted by Gasteiger charge is 2.25. The molecule has 0 spiro atoms. The van der Waals surface area contributed by atoms with Crippen molar-refractivity contribution in [2.75, 3.05) is 6.61 Å². The Morgan fingerprint density at radius 2 is 2.00 bits per heavy atom. The molecule has 17 heavy (non-hydrogen) atoms. The summed E-state index contributed by atoms with van der Waals surface area (Å²) in [7, 11) is 0. The molecule has 1 aliphatic rings. The second-order valence-corrected chi connectivity index (χ2v) is 5.10. The Labute approximate surface area is 105 Å². The SMILES string of the molecule is CCOC(=O)C(CC)NC1CCCCCC1C. The summed E-state index contributed by atoms with van der Waals surface area (Å²) in [5, 5.41) is 3.51. The van der Waals surface area contributed by atoms with Crippen LogP contribution in [0.4, 0.5) is 0 Å². The molecule has 0 radical (unpaired) electrons. The van der Waals surface area contributed by atoms with Crippen molar-refractivity contribution in [3.63, 3.8) is 0 Å². The van der Waals surface area contributed by atoms with E-state index in [0.29, 0.717) is 18.6 Å². The van der Waals surface area contributed by atoms with Crippen LogP contribution in [0.25, 0.3) is 0 Å². The Bertz CT molecular complexity index is 230. The van der Waals surface area contributed by atoms with Crippen LogP contribution in [0.15, 0.2) is 0 Å². The van der Waals surface area contributed by atoms with Crippen LogP contribution < -0.4 is 5.32 Å². The minimum Gasteiger partial charge on any atom is -0.465 e.